The van der Waals surface area contributed by atoms with E-state index in [4.69, 9.17) is 28.4 Å². The average Bonchev–Trinajstić information content (AvgIpc) is 3.29. The summed E-state index contributed by atoms with van der Waals surface area (Å²) in [5.41, 5.74) is 0. The monoisotopic (exact) mass is 913 g/mol. The van der Waals surface area contributed by atoms with Crippen LogP contribution in [0.25, 0.3) is 0 Å². The minimum absolute atomic E-state index is 0.0592. The van der Waals surface area contributed by atoms with Gasteiger partial charge in [0.2, 0.25) is 0 Å². The third-order valence-electron chi connectivity index (χ3n) is 11.6. The highest BCUT2D eigenvalue weighted by molar-refractivity contribution is 5.69. The van der Waals surface area contributed by atoms with Crippen LogP contribution in [-0.4, -0.2) is 142 Å². The fourth-order valence-electron chi connectivity index (χ4n) is 7.57. The molecule has 372 valence electrons. The van der Waals surface area contributed by atoms with Crippen LogP contribution < -0.4 is 0 Å². The first-order valence-corrected chi connectivity index (χ1v) is 24.7. The third kappa shape index (κ3) is 25.7. The van der Waals surface area contributed by atoms with E-state index in [1.807, 2.05) is 0 Å². The van der Waals surface area contributed by atoms with E-state index in [1.165, 1.54) is 64.2 Å². The second-order valence-corrected chi connectivity index (χ2v) is 17.3. The summed E-state index contributed by atoms with van der Waals surface area (Å²) in [5, 5.41) is 71.9. The van der Waals surface area contributed by atoms with Gasteiger partial charge < -0.3 is 64.2 Å². The van der Waals surface area contributed by atoms with Crippen molar-refractivity contribution in [3.8, 4) is 0 Å². The van der Waals surface area contributed by atoms with Crippen molar-refractivity contribution in [3.63, 3.8) is 0 Å². The van der Waals surface area contributed by atoms with E-state index < -0.39 is 80.7 Å². The minimum Gasteiger partial charge on any atom is -0.457 e. The number of unbranched alkanes of at least 4 members (excludes halogenated alkanes) is 16. The minimum atomic E-state index is -1.70. The maximum absolute atomic E-state index is 12.9. The van der Waals surface area contributed by atoms with Crippen LogP contribution in [0, 0.1) is 0 Å². The molecule has 0 amide bonds. The summed E-state index contributed by atoms with van der Waals surface area (Å²) < 4.78 is 34.1. The molecule has 64 heavy (non-hydrogen) atoms. The molecule has 0 bridgehead atoms. The topological polar surface area (TPSA) is 214 Å². The van der Waals surface area contributed by atoms with Gasteiger partial charge in [-0.25, -0.2) is 0 Å². The highest BCUT2D eigenvalue weighted by Gasteiger charge is 2.47. The van der Waals surface area contributed by atoms with Gasteiger partial charge in [-0.15, -0.1) is 0 Å². The van der Waals surface area contributed by atoms with Crippen LogP contribution in [0.2, 0.25) is 0 Å². The summed E-state index contributed by atoms with van der Waals surface area (Å²) in [6.45, 7) is 3.52. The van der Waals surface area contributed by atoms with E-state index in [9.17, 15) is 40.5 Å². The molecule has 0 spiro atoms. The maximum atomic E-state index is 12.9. The summed E-state index contributed by atoms with van der Waals surface area (Å²) in [7, 11) is 0. The molecule has 7 N–H and O–H groups in total. The molecule has 0 saturated carbocycles. The molecule has 0 radical (unpaired) electrons. The van der Waals surface area contributed by atoms with E-state index in [0.717, 1.165) is 70.6 Å². The number of allylic oxidation sites excluding steroid dienone is 8. The van der Waals surface area contributed by atoms with Gasteiger partial charge in [-0.1, -0.05) is 152 Å². The number of esters is 1. The van der Waals surface area contributed by atoms with E-state index in [-0.39, 0.29) is 25.6 Å². The van der Waals surface area contributed by atoms with Gasteiger partial charge in [0, 0.05) is 13.0 Å². The van der Waals surface area contributed by atoms with Crippen LogP contribution in [0.15, 0.2) is 48.6 Å². The standard InChI is InChI=1S/C50H88O14/c1-3-5-7-9-11-12-13-14-15-16-17-18-19-20-21-22-23-24-25-26-27-29-31-33-42(52)62-39(36-59-34-32-30-28-10-8-6-4-2)37-60-49-48(58)46(56)44(54)41(64-49)38-61-50-47(57)45(55)43(53)40(35-51)63-50/h5,7,11-12,14-15,17-18,39-41,43-51,53-58H,3-4,6,8-10,13,16,19-38H2,1-2H3/b7-5-,12-11-,15-14-,18-17-. The maximum Gasteiger partial charge on any atom is 0.306 e. The smallest absolute Gasteiger partial charge is 0.306 e. The van der Waals surface area contributed by atoms with Crippen molar-refractivity contribution in [1.82, 2.24) is 0 Å². The number of ether oxygens (including phenoxy) is 6. The number of rotatable bonds is 38. The number of hydrogen-bond donors (Lipinski definition) is 7. The predicted octanol–water partition coefficient (Wildman–Crippen LogP) is 6.79. The van der Waals surface area contributed by atoms with Crippen LogP contribution in [-0.2, 0) is 33.2 Å². The quantitative estimate of drug-likeness (QED) is 0.0193. The third-order valence-corrected chi connectivity index (χ3v) is 11.6. The molecule has 0 aliphatic carbocycles. The second-order valence-electron chi connectivity index (χ2n) is 17.3. The van der Waals surface area contributed by atoms with Crippen molar-refractivity contribution < 1.29 is 69.0 Å². The van der Waals surface area contributed by atoms with Gasteiger partial charge in [0.1, 0.15) is 54.9 Å². The Kier molecular flexibility index (Phi) is 34.5. The molecular weight excluding hydrogens is 825 g/mol. The van der Waals surface area contributed by atoms with E-state index in [0.29, 0.717) is 13.0 Å². The van der Waals surface area contributed by atoms with Gasteiger partial charge >= 0.3 is 5.97 Å². The van der Waals surface area contributed by atoms with Crippen molar-refractivity contribution in [2.45, 2.75) is 229 Å². The van der Waals surface area contributed by atoms with Crippen molar-refractivity contribution in [2.75, 3.05) is 33.0 Å². The summed E-state index contributed by atoms with van der Waals surface area (Å²) in [6.07, 6.45) is 26.3. The predicted molar refractivity (Wildman–Crippen MR) is 247 cm³/mol. The first kappa shape index (κ1) is 58.1. The van der Waals surface area contributed by atoms with Gasteiger partial charge in [0.25, 0.3) is 0 Å². The van der Waals surface area contributed by atoms with Crippen LogP contribution in [0.3, 0.4) is 0 Å². The first-order valence-electron chi connectivity index (χ1n) is 24.7. The van der Waals surface area contributed by atoms with Gasteiger partial charge in [0.15, 0.2) is 12.6 Å². The average molecular weight is 913 g/mol. The Labute approximate surface area is 384 Å². The van der Waals surface area contributed by atoms with Crippen LogP contribution in [0.5, 0.6) is 0 Å². The number of aliphatic hydroxyl groups excluding tert-OH is 7. The number of hydrogen-bond acceptors (Lipinski definition) is 14. The van der Waals surface area contributed by atoms with Crippen molar-refractivity contribution in [1.29, 1.82) is 0 Å². The molecule has 14 heteroatoms. The number of carbonyl (C=O) groups is 1. The molecule has 0 aromatic rings. The fourth-order valence-corrected chi connectivity index (χ4v) is 7.57. The zero-order valence-electron chi connectivity index (χ0n) is 39.3. The molecular formula is C50H88O14. The van der Waals surface area contributed by atoms with Crippen molar-refractivity contribution in [2.24, 2.45) is 0 Å². The highest BCUT2D eigenvalue weighted by Crippen LogP contribution is 2.26. The molecule has 2 saturated heterocycles. The zero-order valence-corrected chi connectivity index (χ0v) is 39.3. The molecule has 11 atom stereocenters. The van der Waals surface area contributed by atoms with Crippen LogP contribution in [0.1, 0.15) is 162 Å². The highest BCUT2D eigenvalue weighted by atomic mass is 16.7. The SMILES string of the molecule is CC/C=C\C/C=C\C/C=C\C/C=C\CCCCCCCCCCCCC(=O)OC(COCCCCCCCCC)COC1OC(COC2OC(CO)C(O)C(O)C2O)C(O)C(O)C1O. The molecule has 0 aromatic heterocycles. The Bertz CT molecular complexity index is 1240. The molecule has 2 aliphatic heterocycles. The lowest BCUT2D eigenvalue weighted by Crippen LogP contribution is -2.61. The van der Waals surface area contributed by atoms with Crippen molar-refractivity contribution >= 4 is 5.97 Å². The van der Waals surface area contributed by atoms with Gasteiger partial charge in [-0.2, -0.15) is 0 Å². The summed E-state index contributed by atoms with van der Waals surface area (Å²) in [5.74, 6) is -0.384. The molecule has 2 aliphatic rings. The lowest BCUT2D eigenvalue weighted by molar-refractivity contribution is -0.332. The lowest BCUT2D eigenvalue weighted by atomic mass is 9.98. The Balaban J connectivity index is 1.69. The van der Waals surface area contributed by atoms with Crippen LogP contribution in [0.4, 0.5) is 0 Å². The van der Waals surface area contributed by atoms with E-state index in [1.54, 1.807) is 0 Å². The number of aliphatic hydroxyl groups is 7. The summed E-state index contributed by atoms with van der Waals surface area (Å²) >= 11 is 0. The lowest BCUT2D eigenvalue weighted by Gasteiger charge is -2.42. The molecule has 2 fully saturated rings. The normalized spacial score (nSPS) is 27.1. The first-order chi connectivity index (χ1) is 31.1. The van der Waals surface area contributed by atoms with Gasteiger partial charge in [-0.05, 0) is 51.4 Å². The fraction of sp³-hybridized carbons (Fsp3) is 0.820. The molecule has 11 unspecified atom stereocenters. The van der Waals surface area contributed by atoms with Crippen LogP contribution >= 0.6 is 0 Å². The molecule has 14 nitrogen and oxygen atoms in total. The number of carbonyl (C=O) groups excluding carboxylic acids is 1. The Morgan fingerprint density at radius 1 is 0.531 bits per heavy atom. The van der Waals surface area contributed by atoms with E-state index >= 15 is 0 Å². The largest absolute Gasteiger partial charge is 0.457 e. The molecule has 0 aromatic carbocycles. The van der Waals surface area contributed by atoms with Crippen molar-refractivity contribution in [3.05, 3.63) is 48.6 Å². The van der Waals surface area contributed by atoms with Gasteiger partial charge in [0.05, 0.1) is 26.4 Å². The molecule has 2 heterocycles. The Hall–Kier alpha value is -2.05. The van der Waals surface area contributed by atoms with E-state index in [2.05, 4.69) is 62.5 Å². The Morgan fingerprint density at radius 3 is 1.59 bits per heavy atom. The second kappa shape index (κ2) is 38.0. The molecule has 2 rings (SSSR count). The summed E-state index contributed by atoms with van der Waals surface area (Å²) in [6, 6.07) is 0. The Morgan fingerprint density at radius 2 is 1.02 bits per heavy atom. The zero-order chi connectivity index (χ0) is 46.6. The van der Waals surface area contributed by atoms with Gasteiger partial charge in [-0.3, -0.25) is 4.79 Å². The summed E-state index contributed by atoms with van der Waals surface area (Å²) in [4.78, 5) is 12.9.